The van der Waals surface area contributed by atoms with Crippen LogP contribution in [0.15, 0.2) is 30.3 Å². The van der Waals surface area contributed by atoms with Crippen LogP contribution in [0.5, 0.6) is 0 Å². The Hall–Kier alpha value is -2.00. The number of ether oxygens (including phenoxy) is 1. The number of aliphatic hydroxyl groups is 1. The standard InChI is InChI=1S/C34H46F3NO3Si/c1-21(2)30-29(31(39)23-9-11-24(12-10-23)34(35,36)37)27(22-13-17-40-18-14-22)28-25(38-30)19-33(15-8-16-33)20-26(28)41-42(6,7)32(3,4)5/h9-13,21,26,31,39H,8,14-20H2,1-7H3/q-1/t26-,31+/m0/s1. The number of halogens is 3. The van der Waals surface area contributed by atoms with Crippen LogP contribution in [0.3, 0.4) is 0 Å². The molecule has 1 aromatic heterocycles. The summed E-state index contributed by atoms with van der Waals surface area (Å²) in [5.74, 6) is 0.00705. The topological polar surface area (TPSA) is 51.6 Å². The fourth-order valence-electron chi connectivity index (χ4n) is 6.62. The highest BCUT2D eigenvalue weighted by Gasteiger charge is 2.47. The van der Waals surface area contributed by atoms with E-state index in [1.165, 1.54) is 31.4 Å². The summed E-state index contributed by atoms with van der Waals surface area (Å²) in [4.78, 5) is 5.33. The molecule has 5 rings (SSSR count). The van der Waals surface area contributed by atoms with Crippen LogP contribution in [0, 0.1) is 5.41 Å². The number of nitrogens with zero attached hydrogens (tertiary/aromatic N) is 1. The summed E-state index contributed by atoms with van der Waals surface area (Å²) < 4.78 is 53.1. The molecule has 8 heteroatoms. The van der Waals surface area contributed by atoms with Crippen molar-refractivity contribution in [2.24, 2.45) is 5.41 Å². The van der Waals surface area contributed by atoms with Gasteiger partial charge < -0.3 is 14.3 Å². The lowest BCUT2D eigenvalue weighted by Crippen LogP contribution is -2.46. The van der Waals surface area contributed by atoms with Gasteiger partial charge in [-0.1, -0.05) is 59.2 Å². The summed E-state index contributed by atoms with van der Waals surface area (Å²) in [7, 11) is -2.19. The maximum absolute atomic E-state index is 13.4. The van der Waals surface area contributed by atoms with Crippen molar-refractivity contribution in [1.82, 2.24) is 4.98 Å². The van der Waals surface area contributed by atoms with E-state index >= 15 is 0 Å². The lowest BCUT2D eigenvalue weighted by Gasteiger charge is -2.56. The van der Waals surface area contributed by atoms with E-state index in [1.54, 1.807) is 0 Å². The molecule has 1 saturated carbocycles. The van der Waals surface area contributed by atoms with Crippen LogP contribution >= 0.6 is 0 Å². The van der Waals surface area contributed by atoms with Gasteiger partial charge in [0.25, 0.3) is 0 Å². The second-order valence-corrected chi connectivity index (χ2v) is 19.2. The number of aromatic nitrogens is 1. The summed E-state index contributed by atoms with van der Waals surface area (Å²) in [6.07, 6.45) is 2.46. The Morgan fingerprint density at radius 3 is 2.26 bits per heavy atom. The van der Waals surface area contributed by atoms with Crippen molar-refractivity contribution >= 4 is 13.9 Å². The summed E-state index contributed by atoms with van der Waals surface area (Å²) in [6, 6.07) is 4.89. The van der Waals surface area contributed by atoms with Crippen molar-refractivity contribution in [3.63, 3.8) is 0 Å². The van der Waals surface area contributed by atoms with E-state index in [2.05, 4.69) is 53.8 Å². The molecule has 2 aliphatic carbocycles. The van der Waals surface area contributed by atoms with Crippen molar-refractivity contribution in [2.45, 2.75) is 116 Å². The van der Waals surface area contributed by atoms with Gasteiger partial charge in [0.05, 0.1) is 18.8 Å². The Bertz CT molecular complexity index is 1340. The van der Waals surface area contributed by atoms with Gasteiger partial charge in [-0.05, 0) is 80.6 Å². The van der Waals surface area contributed by atoms with Crippen LogP contribution in [-0.4, -0.2) is 31.6 Å². The Balaban J connectivity index is 1.75. The van der Waals surface area contributed by atoms with Crippen molar-refractivity contribution in [3.8, 4) is 0 Å². The minimum atomic E-state index is -4.44. The molecule has 2 heterocycles. The van der Waals surface area contributed by atoms with Crippen LogP contribution in [-0.2, 0) is 21.8 Å². The number of benzene rings is 1. The molecule has 4 nitrogen and oxygen atoms in total. The SMILES string of the molecule is CC(C)c1nc2c(c(C3=CCOCC3)c1[C@H](O)c1ccc(C(F)(F)F)cc1)[C@@H](O[Si-](C)(C)C(C)(C)C)CC1(CCC1)C2. The molecule has 1 fully saturated rings. The van der Waals surface area contributed by atoms with E-state index in [0.717, 1.165) is 53.1 Å². The van der Waals surface area contributed by atoms with Crippen LogP contribution in [0.1, 0.15) is 124 Å². The first-order chi connectivity index (χ1) is 19.5. The van der Waals surface area contributed by atoms with E-state index in [1.807, 2.05) is 0 Å². The molecule has 3 aliphatic rings. The maximum Gasteiger partial charge on any atom is 0.416 e. The van der Waals surface area contributed by atoms with Crippen molar-refractivity contribution < 1.29 is 27.4 Å². The number of hydrogen-bond donors (Lipinski definition) is 1. The zero-order valence-corrected chi connectivity index (χ0v) is 27.1. The van der Waals surface area contributed by atoms with E-state index < -0.39 is 26.2 Å². The van der Waals surface area contributed by atoms with E-state index in [0.29, 0.717) is 30.8 Å². The molecule has 1 spiro atoms. The Kier molecular flexibility index (Phi) is 8.36. The van der Waals surface area contributed by atoms with Crippen LogP contribution < -0.4 is 0 Å². The van der Waals surface area contributed by atoms with Crippen LogP contribution in [0.4, 0.5) is 13.2 Å². The molecule has 231 valence electrons. The third-order valence-electron chi connectivity index (χ3n) is 10.2. The van der Waals surface area contributed by atoms with Gasteiger partial charge in [0.1, 0.15) is 6.10 Å². The molecular formula is C34H46F3NO3Si-. The minimum Gasteiger partial charge on any atom is -0.559 e. The van der Waals surface area contributed by atoms with E-state index in [9.17, 15) is 18.3 Å². The van der Waals surface area contributed by atoms with Gasteiger partial charge in [0.15, 0.2) is 0 Å². The number of aliphatic hydroxyl groups excluding tert-OH is 1. The highest BCUT2D eigenvalue weighted by molar-refractivity contribution is 6.74. The molecule has 1 aromatic carbocycles. The molecule has 0 saturated heterocycles. The van der Waals surface area contributed by atoms with Crippen LogP contribution in [0.2, 0.25) is 18.1 Å². The first-order valence-corrected chi connectivity index (χ1v) is 18.3. The number of alkyl halides is 3. The number of rotatable bonds is 6. The maximum atomic E-state index is 13.4. The summed E-state index contributed by atoms with van der Waals surface area (Å²) >= 11 is 0. The fraction of sp³-hybridized carbons (Fsp3) is 0.618. The Morgan fingerprint density at radius 2 is 1.76 bits per heavy atom. The Morgan fingerprint density at radius 1 is 1.10 bits per heavy atom. The van der Waals surface area contributed by atoms with E-state index in [-0.39, 0.29) is 22.5 Å². The fourth-order valence-corrected chi connectivity index (χ4v) is 7.88. The van der Waals surface area contributed by atoms with Crippen LogP contribution in [0.25, 0.3) is 5.57 Å². The van der Waals surface area contributed by atoms with Crippen molar-refractivity contribution in [1.29, 1.82) is 0 Å². The summed E-state index contributed by atoms with van der Waals surface area (Å²) in [5.41, 5.74) is 5.64. The first-order valence-electron chi connectivity index (χ1n) is 15.4. The smallest absolute Gasteiger partial charge is 0.416 e. The van der Waals surface area contributed by atoms with Gasteiger partial charge in [0, 0.05) is 28.6 Å². The highest BCUT2D eigenvalue weighted by Crippen LogP contribution is 2.57. The quantitative estimate of drug-likeness (QED) is 0.335. The lowest BCUT2D eigenvalue weighted by molar-refractivity contribution is -0.137. The van der Waals surface area contributed by atoms with Gasteiger partial charge in [-0.25, -0.2) is 0 Å². The predicted octanol–water partition coefficient (Wildman–Crippen LogP) is 9.29. The highest BCUT2D eigenvalue weighted by atomic mass is 28.4. The van der Waals surface area contributed by atoms with Gasteiger partial charge in [-0.3, -0.25) is 4.98 Å². The first kappa shape index (κ1) is 31.4. The minimum absolute atomic E-state index is 0.00705. The Labute approximate surface area is 249 Å². The summed E-state index contributed by atoms with van der Waals surface area (Å²) in [6.45, 7) is 16.5. The molecule has 2 atom stereocenters. The molecule has 2 aromatic rings. The third kappa shape index (κ3) is 5.89. The molecule has 0 radical (unpaired) electrons. The lowest BCUT2D eigenvalue weighted by atomic mass is 9.59. The van der Waals surface area contributed by atoms with Gasteiger partial charge in [-0.15, -0.1) is 18.1 Å². The third-order valence-corrected chi connectivity index (χ3v) is 14.7. The number of pyridine rings is 1. The van der Waals surface area contributed by atoms with Gasteiger partial charge in [0.2, 0.25) is 0 Å². The molecular weight excluding hydrogens is 555 g/mol. The molecule has 0 unspecified atom stereocenters. The molecule has 1 N–H and O–H groups in total. The van der Waals surface area contributed by atoms with Gasteiger partial charge >= 0.3 is 6.18 Å². The zero-order chi connectivity index (χ0) is 30.7. The number of fused-ring (bicyclic) bond motifs is 1. The zero-order valence-electron chi connectivity index (χ0n) is 26.1. The number of hydrogen-bond acceptors (Lipinski definition) is 4. The van der Waals surface area contributed by atoms with Crippen molar-refractivity contribution in [2.75, 3.05) is 13.2 Å². The second kappa shape index (κ2) is 11.2. The average molecular weight is 602 g/mol. The second-order valence-electron chi connectivity index (χ2n) is 14.5. The monoisotopic (exact) mass is 601 g/mol. The molecule has 0 bridgehead atoms. The predicted molar refractivity (Wildman–Crippen MR) is 163 cm³/mol. The summed E-state index contributed by atoms with van der Waals surface area (Å²) in [5, 5.41) is 12.0. The molecule has 0 amide bonds. The average Bonchev–Trinajstić information content (AvgIpc) is 2.89. The molecule has 42 heavy (non-hydrogen) atoms. The molecule has 1 aliphatic heterocycles. The van der Waals surface area contributed by atoms with Gasteiger partial charge in [-0.2, -0.15) is 13.2 Å². The van der Waals surface area contributed by atoms with E-state index in [4.69, 9.17) is 14.1 Å². The normalized spacial score (nSPS) is 21.6. The van der Waals surface area contributed by atoms with Crippen molar-refractivity contribution in [3.05, 3.63) is 69.5 Å². The largest absolute Gasteiger partial charge is 0.559 e.